The molecular weight excluding hydrogens is 246 g/mol. The number of aromatic nitrogens is 1. The normalized spacial score (nSPS) is 10.4. The minimum atomic E-state index is 0.658. The fourth-order valence-corrected chi connectivity index (χ4v) is 2.27. The average molecular weight is 262 g/mol. The Morgan fingerprint density at radius 1 is 1.22 bits per heavy atom. The van der Waals surface area contributed by atoms with Crippen LogP contribution < -0.4 is 10.6 Å². The molecule has 4 heteroatoms. The van der Waals surface area contributed by atoms with Crippen LogP contribution in [-0.4, -0.2) is 12.0 Å². The molecule has 3 nitrogen and oxygen atoms in total. The molecule has 1 aromatic carbocycles. The van der Waals surface area contributed by atoms with Crippen molar-refractivity contribution < 1.29 is 0 Å². The zero-order valence-electron chi connectivity index (χ0n) is 10.5. The van der Waals surface area contributed by atoms with Gasteiger partial charge in [0, 0.05) is 12.7 Å². The van der Waals surface area contributed by atoms with Gasteiger partial charge >= 0.3 is 0 Å². The summed E-state index contributed by atoms with van der Waals surface area (Å²) < 4.78 is 0. The van der Waals surface area contributed by atoms with Gasteiger partial charge in [-0.15, -0.1) is 0 Å². The van der Waals surface area contributed by atoms with Gasteiger partial charge in [-0.05, 0) is 31.2 Å². The Bertz CT molecular complexity index is 534. The largest absolute Gasteiger partial charge is 0.397 e. The summed E-state index contributed by atoms with van der Waals surface area (Å²) in [5.41, 5.74) is 9.49. The molecule has 0 unspecified atom stereocenters. The number of nitrogens with two attached hydrogens (primary N) is 1. The summed E-state index contributed by atoms with van der Waals surface area (Å²) in [6, 6.07) is 11.5. The van der Waals surface area contributed by atoms with Crippen LogP contribution in [0.5, 0.6) is 0 Å². The lowest BCUT2D eigenvalue weighted by atomic mass is 10.2. The maximum absolute atomic E-state index is 6.18. The molecule has 1 heterocycles. The SMILES string of the molecule is Cc1cccc(CN(C)c2c(N)cccc2Cl)n1. The van der Waals surface area contributed by atoms with Gasteiger partial charge in [-0.25, -0.2) is 0 Å². The molecule has 0 aliphatic carbocycles. The van der Waals surface area contributed by atoms with Crippen molar-refractivity contribution in [1.82, 2.24) is 4.98 Å². The highest BCUT2D eigenvalue weighted by molar-refractivity contribution is 6.33. The van der Waals surface area contributed by atoms with Crippen molar-refractivity contribution in [3.05, 3.63) is 52.8 Å². The smallest absolute Gasteiger partial charge is 0.0790 e. The van der Waals surface area contributed by atoms with Crippen molar-refractivity contribution in [1.29, 1.82) is 0 Å². The number of nitrogens with zero attached hydrogens (tertiary/aromatic N) is 2. The molecule has 0 aliphatic rings. The Balaban J connectivity index is 2.25. The molecule has 18 heavy (non-hydrogen) atoms. The molecule has 0 spiro atoms. The Labute approximate surface area is 112 Å². The predicted octanol–water partition coefficient (Wildman–Crippen LogP) is 3.26. The first kappa shape index (κ1) is 12.7. The third-order valence-corrected chi connectivity index (χ3v) is 3.05. The van der Waals surface area contributed by atoms with E-state index < -0.39 is 0 Å². The predicted molar refractivity (Wildman–Crippen MR) is 76.9 cm³/mol. The second kappa shape index (κ2) is 5.27. The van der Waals surface area contributed by atoms with Gasteiger partial charge in [-0.3, -0.25) is 4.98 Å². The van der Waals surface area contributed by atoms with E-state index in [2.05, 4.69) is 4.98 Å². The number of halogens is 1. The number of para-hydroxylation sites is 1. The highest BCUT2D eigenvalue weighted by Crippen LogP contribution is 2.31. The molecule has 2 aromatic rings. The van der Waals surface area contributed by atoms with Crippen LogP contribution in [0.25, 0.3) is 0 Å². The second-order valence-corrected chi connectivity index (χ2v) is 4.71. The molecule has 0 atom stereocenters. The number of hydrogen-bond acceptors (Lipinski definition) is 3. The number of pyridine rings is 1. The lowest BCUT2D eigenvalue weighted by Gasteiger charge is -2.22. The molecular formula is C14H16ClN3. The minimum absolute atomic E-state index is 0.658. The van der Waals surface area contributed by atoms with Crippen molar-refractivity contribution in [3.8, 4) is 0 Å². The number of anilines is 2. The molecule has 2 rings (SSSR count). The summed E-state index contributed by atoms with van der Waals surface area (Å²) in [4.78, 5) is 6.49. The third-order valence-electron chi connectivity index (χ3n) is 2.74. The van der Waals surface area contributed by atoms with E-state index in [1.165, 1.54) is 0 Å². The van der Waals surface area contributed by atoms with Crippen LogP contribution in [0.2, 0.25) is 5.02 Å². The van der Waals surface area contributed by atoms with Gasteiger partial charge < -0.3 is 10.6 Å². The summed E-state index contributed by atoms with van der Waals surface area (Å²) in [6.07, 6.45) is 0. The quantitative estimate of drug-likeness (QED) is 0.863. The van der Waals surface area contributed by atoms with E-state index in [1.54, 1.807) is 0 Å². The summed E-state index contributed by atoms with van der Waals surface area (Å²) in [6.45, 7) is 2.66. The van der Waals surface area contributed by atoms with Crippen molar-refractivity contribution >= 4 is 23.0 Å². The maximum Gasteiger partial charge on any atom is 0.0790 e. The van der Waals surface area contributed by atoms with Crippen molar-refractivity contribution in [2.45, 2.75) is 13.5 Å². The Hall–Kier alpha value is -1.74. The van der Waals surface area contributed by atoms with E-state index in [4.69, 9.17) is 17.3 Å². The van der Waals surface area contributed by atoms with E-state index in [0.717, 1.165) is 17.1 Å². The molecule has 94 valence electrons. The van der Waals surface area contributed by atoms with Crippen LogP contribution in [0.4, 0.5) is 11.4 Å². The lowest BCUT2D eigenvalue weighted by molar-refractivity contribution is 0.878. The van der Waals surface area contributed by atoms with E-state index in [1.807, 2.05) is 55.3 Å². The van der Waals surface area contributed by atoms with Crippen LogP contribution in [0.15, 0.2) is 36.4 Å². The highest BCUT2D eigenvalue weighted by Gasteiger charge is 2.10. The van der Waals surface area contributed by atoms with Crippen LogP contribution in [-0.2, 0) is 6.54 Å². The van der Waals surface area contributed by atoms with Gasteiger partial charge in [0.05, 0.1) is 28.6 Å². The fraction of sp³-hybridized carbons (Fsp3) is 0.214. The molecule has 0 aliphatic heterocycles. The molecule has 0 saturated carbocycles. The fourth-order valence-electron chi connectivity index (χ4n) is 1.94. The van der Waals surface area contributed by atoms with Crippen LogP contribution in [0.3, 0.4) is 0 Å². The molecule has 0 saturated heterocycles. The summed E-state index contributed by atoms with van der Waals surface area (Å²) >= 11 is 6.18. The zero-order valence-corrected chi connectivity index (χ0v) is 11.3. The number of nitrogen functional groups attached to an aromatic ring is 1. The van der Waals surface area contributed by atoms with Crippen LogP contribution in [0, 0.1) is 6.92 Å². The minimum Gasteiger partial charge on any atom is -0.397 e. The Morgan fingerprint density at radius 3 is 2.61 bits per heavy atom. The molecule has 0 amide bonds. The van der Waals surface area contributed by atoms with Crippen LogP contribution >= 0.6 is 11.6 Å². The first-order chi connectivity index (χ1) is 8.58. The number of hydrogen-bond donors (Lipinski definition) is 1. The van der Waals surface area contributed by atoms with Gasteiger partial charge in [-0.2, -0.15) is 0 Å². The van der Waals surface area contributed by atoms with Gasteiger partial charge in [-0.1, -0.05) is 23.7 Å². The lowest BCUT2D eigenvalue weighted by Crippen LogP contribution is -2.19. The maximum atomic E-state index is 6.18. The van der Waals surface area contributed by atoms with E-state index >= 15 is 0 Å². The average Bonchev–Trinajstić information content (AvgIpc) is 2.28. The van der Waals surface area contributed by atoms with Crippen molar-refractivity contribution in [2.24, 2.45) is 0 Å². The third kappa shape index (κ3) is 2.74. The topological polar surface area (TPSA) is 42.1 Å². The highest BCUT2D eigenvalue weighted by atomic mass is 35.5. The Kier molecular flexibility index (Phi) is 3.72. The van der Waals surface area contributed by atoms with E-state index in [9.17, 15) is 0 Å². The summed E-state index contributed by atoms with van der Waals surface area (Å²) in [5.74, 6) is 0. The van der Waals surface area contributed by atoms with Crippen LogP contribution in [0.1, 0.15) is 11.4 Å². The van der Waals surface area contributed by atoms with Crippen molar-refractivity contribution in [2.75, 3.05) is 17.7 Å². The summed E-state index contributed by atoms with van der Waals surface area (Å²) in [7, 11) is 1.96. The molecule has 1 aromatic heterocycles. The molecule has 0 bridgehead atoms. The summed E-state index contributed by atoms with van der Waals surface area (Å²) in [5, 5.41) is 0.658. The molecule has 0 radical (unpaired) electrons. The number of aryl methyl sites for hydroxylation is 1. The monoisotopic (exact) mass is 261 g/mol. The van der Waals surface area contributed by atoms with Gasteiger partial charge in [0.2, 0.25) is 0 Å². The Morgan fingerprint density at radius 2 is 1.94 bits per heavy atom. The second-order valence-electron chi connectivity index (χ2n) is 4.30. The van der Waals surface area contributed by atoms with Gasteiger partial charge in [0.1, 0.15) is 0 Å². The zero-order chi connectivity index (χ0) is 13.1. The van der Waals surface area contributed by atoms with Gasteiger partial charge in [0.15, 0.2) is 0 Å². The standard InChI is InChI=1S/C14H16ClN3/c1-10-5-3-6-11(17-10)9-18(2)14-12(15)7-4-8-13(14)16/h3-8H,9,16H2,1-2H3. The first-order valence-electron chi connectivity index (χ1n) is 5.75. The van der Waals surface area contributed by atoms with E-state index in [0.29, 0.717) is 17.3 Å². The van der Waals surface area contributed by atoms with Gasteiger partial charge in [0.25, 0.3) is 0 Å². The molecule has 2 N–H and O–H groups in total. The number of rotatable bonds is 3. The molecule has 0 fully saturated rings. The first-order valence-corrected chi connectivity index (χ1v) is 6.13. The number of benzene rings is 1. The van der Waals surface area contributed by atoms with Crippen molar-refractivity contribution in [3.63, 3.8) is 0 Å². The van der Waals surface area contributed by atoms with E-state index in [-0.39, 0.29) is 0 Å².